The van der Waals surface area contributed by atoms with E-state index in [1.807, 2.05) is 40.6 Å². The van der Waals surface area contributed by atoms with Gasteiger partial charge in [0.05, 0.1) is 26.7 Å². The maximum atomic E-state index is 12.9. The topological polar surface area (TPSA) is 71.1 Å². The molecule has 2 amide bonds. The number of hydrogen-bond donors (Lipinski definition) is 1. The monoisotopic (exact) mass is 431 g/mol. The molecular weight excluding hydrogens is 402 g/mol. The Labute approximate surface area is 181 Å². The molecule has 0 bridgehead atoms. The maximum Gasteiger partial charge on any atom is 0.225 e. The van der Waals surface area contributed by atoms with Crippen molar-refractivity contribution in [1.29, 1.82) is 0 Å². The third-order valence-electron chi connectivity index (χ3n) is 5.25. The molecular formula is C22H29N3O4S. The van der Waals surface area contributed by atoms with Gasteiger partial charge in [-0.15, -0.1) is 11.3 Å². The van der Waals surface area contributed by atoms with Gasteiger partial charge in [-0.25, -0.2) is 0 Å². The van der Waals surface area contributed by atoms with Gasteiger partial charge in [0.2, 0.25) is 11.8 Å². The van der Waals surface area contributed by atoms with Gasteiger partial charge < -0.3 is 19.7 Å². The van der Waals surface area contributed by atoms with E-state index in [1.54, 1.807) is 25.6 Å². The summed E-state index contributed by atoms with van der Waals surface area (Å²) in [6.07, 6.45) is 0.282. The first kappa shape index (κ1) is 22.1. The Hall–Kier alpha value is -2.58. The minimum atomic E-state index is -0.269. The predicted octanol–water partition coefficient (Wildman–Crippen LogP) is 2.68. The van der Waals surface area contributed by atoms with E-state index in [4.69, 9.17) is 9.47 Å². The Kier molecular flexibility index (Phi) is 7.70. The maximum absolute atomic E-state index is 12.9. The molecule has 0 spiro atoms. The molecule has 162 valence electrons. The van der Waals surface area contributed by atoms with Crippen molar-refractivity contribution in [3.63, 3.8) is 0 Å². The first-order valence-electron chi connectivity index (χ1n) is 10.0. The Morgan fingerprint density at radius 2 is 1.90 bits per heavy atom. The Balaban J connectivity index is 1.56. The van der Waals surface area contributed by atoms with E-state index in [9.17, 15) is 9.59 Å². The van der Waals surface area contributed by atoms with Crippen molar-refractivity contribution in [2.24, 2.45) is 0 Å². The van der Waals surface area contributed by atoms with Crippen molar-refractivity contribution >= 4 is 23.2 Å². The number of nitrogens with zero attached hydrogens (tertiary/aromatic N) is 2. The molecule has 1 fully saturated rings. The highest BCUT2D eigenvalue weighted by Gasteiger charge is 2.25. The number of nitrogens with one attached hydrogen (secondary N) is 1. The summed E-state index contributed by atoms with van der Waals surface area (Å²) in [5.74, 6) is 1.58. The molecule has 1 atom stereocenters. The van der Waals surface area contributed by atoms with Crippen LogP contribution in [0.4, 0.5) is 0 Å². The SMILES string of the molecule is COc1ccc(OC)c(CN2CCN(C(=O)CC(NC(C)=O)c3cccs3)CC2)c1. The number of carbonyl (C=O) groups excluding carboxylic acids is 2. The highest BCUT2D eigenvalue weighted by Crippen LogP contribution is 2.26. The molecule has 2 heterocycles. The van der Waals surface area contributed by atoms with Gasteiger partial charge in [-0.05, 0) is 29.6 Å². The van der Waals surface area contributed by atoms with Crippen LogP contribution in [0.1, 0.15) is 29.8 Å². The molecule has 1 unspecified atom stereocenters. The number of carbonyl (C=O) groups is 2. The molecule has 1 N–H and O–H groups in total. The fraction of sp³-hybridized carbons (Fsp3) is 0.455. The van der Waals surface area contributed by atoms with Crippen LogP contribution in [0.2, 0.25) is 0 Å². The largest absolute Gasteiger partial charge is 0.497 e. The van der Waals surface area contributed by atoms with Crippen molar-refractivity contribution in [3.05, 3.63) is 46.2 Å². The van der Waals surface area contributed by atoms with E-state index in [2.05, 4.69) is 10.2 Å². The zero-order chi connectivity index (χ0) is 21.5. The van der Waals surface area contributed by atoms with Crippen molar-refractivity contribution in [2.45, 2.75) is 25.9 Å². The number of benzene rings is 1. The van der Waals surface area contributed by atoms with Gasteiger partial charge >= 0.3 is 0 Å². The zero-order valence-electron chi connectivity index (χ0n) is 17.7. The number of methoxy groups -OCH3 is 2. The molecule has 3 rings (SSSR count). The molecule has 7 nitrogen and oxygen atoms in total. The summed E-state index contributed by atoms with van der Waals surface area (Å²) in [4.78, 5) is 29.6. The van der Waals surface area contributed by atoms with Crippen LogP contribution in [-0.4, -0.2) is 62.0 Å². The average Bonchev–Trinajstić information content (AvgIpc) is 3.28. The quantitative estimate of drug-likeness (QED) is 0.696. The molecule has 0 saturated carbocycles. The molecule has 2 aromatic rings. The van der Waals surface area contributed by atoms with Gasteiger partial charge in [0.1, 0.15) is 11.5 Å². The summed E-state index contributed by atoms with van der Waals surface area (Å²) in [6.45, 7) is 5.14. The van der Waals surface area contributed by atoms with Crippen LogP contribution < -0.4 is 14.8 Å². The molecule has 1 aliphatic rings. The van der Waals surface area contributed by atoms with Gasteiger partial charge in [-0.3, -0.25) is 14.5 Å². The number of amides is 2. The Morgan fingerprint density at radius 3 is 2.50 bits per heavy atom. The summed E-state index contributed by atoms with van der Waals surface area (Å²) in [6, 6.07) is 9.42. The van der Waals surface area contributed by atoms with Crippen LogP contribution in [0.25, 0.3) is 0 Å². The third-order valence-corrected chi connectivity index (χ3v) is 6.24. The highest BCUT2D eigenvalue weighted by atomic mass is 32.1. The molecule has 1 saturated heterocycles. The van der Waals surface area contributed by atoms with Crippen LogP contribution in [0.3, 0.4) is 0 Å². The summed E-state index contributed by atoms with van der Waals surface area (Å²) < 4.78 is 10.8. The number of thiophene rings is 1. The molecule has 1 aromatic heterocycles. The molecule has 0 radical (unpaired) electrons. The molecule has 1 aliphatic heterocycles. The number of hydrogen-bond acceptors (Lipinski definition) is 6. The van der Waals surface area contributed by atoms with Crippen LogP contribution in [0, 0.1) is 0 Å². The molecule has 1 aromatic carbocycles. The van der Waals surface area contributed by atoms with E-state index < -0.39 is 0 Å². The normalized spacial score (nSPS) is 15.5. The zero-order valence-corrected chi connectivity index (χ0v) is 18.5. The second-order valence-electron chi connectivity index (χ2n) is 7.31. The van der Waals surface area contributed by atoms with Crippen molar-refractivity contribution in [1.82, 2.24) is 15.1 Å². The van der Waals surface area contributed by atoms with E-state index >= 15 is 0 Å². The lowest BCUT2D eigenvalue weighted by molar-refractivity contribution is -0.133. The average molecular weight is 432 g/mol. The second kappa shape index (κ2) is 10.4. The van der Waals surface area contributed by atoms with Gasteiger partial charge in [0.25, 0.3) is 0 Å². The van der Waals surface area contributed by atoms with Crippen LogP contribution in [0.5, 0.6) is 11.5 Å². The minimum Gasteiger partial charge on any atom is -0.497 e. The van der Waals surface area contributed by atoms with Gasteiger partial charge in [-0.1, -0.05) is 6.07 Å². The predicted molar refractivity (Wildman–Crippen MR) is 117 cm³/mol. The van der Waals surface area contributed by atoms with Gasteiger partial charge in [-0.2, -0.15) is 0 Å². The molecule has 0 aliphatic carbocycles. The fourth-order valence-corrected chi connectivity index (χ4v) is 4.44. The lowest BCUT2D eigenvalue weighted by Gasteiger charge is -2.35. The van der Waals surface area contributed by atoms with Crippen LogP contribution in [0.15, 0.2) is 35.7 Å². The molecule has 8 heteroatoms. The number of rotatable bonds is 8. The van der Waals surface area contributed by atoms with E-state index in [0.717, 1.165) is 41.6 Å². The summed E-state index contributed by atoms with van der Waals surface area (Å²) in [7, 11) is 3.32. The Morgan fingerprint density at radius 1 is 1.13 bits per heavy atom. The fourth-order valence-electron chi connectivity index (χ4n) is 3.66. The van der Waals surface area contributed by atoms with Crippen LogP contribution in [-0.2, 0) is 16.1 Å². The highest BCUT2D eigenvalue weighted by molar-refractivity contribution is 7.10. The van der Waals surface area contributed by atoms with E-state index in [0.29, 0.717) is 13.1 Å². The van der Waals surface area contributed by atoms with Gasteiger partial charge in [0, 0.05) is 50.1 Å². The van der Waals surface area contributed by atoms with Crippen molar-refractivity contribution in [2.75, 3.05) is 40.4 Å². The first-order valence-corrected chi connectivity index (χ1v) is 10.9. The number of piperazine rings is 1. The smallest absolute Gasteiger partial charge is 0.225 e. The minimum absolute atomic E-state index is 0.0701. The molecule has 30 heavy (non-hydrogen) atoms. The second-order valence-corrected chi connectivity index (χ2v) is 8.29. The first-order chi connectivity index (χ1) is 14.5. The standard InChI is InChI=1S/C22H29N3O4S/c1-16(26)23-19(21-5-4-12-30-21)14-22(27)25-10-8-24(9-11-25)15-17-13-18(28-2)6-7-20(17)29-3/h4-7,12-13,19H,8-11,14-15H2,1-3H3,(H,23,26). The summed E-state index contributed by atoms with van der Waals surface area (Å²) in [5.41, 5.74) is 1.07. The Bertz CT molecular complexity index is 848. The lowest BCUT2D eigenvalue weighted by atomic mass is 10.1. The van der Waals surface area contributed by atoms with Crippen LogP contribution >= 0.6 is 11.3 Å². The third kappa shape index (κ3) is 5.73. The summed E-state index contributed by atoms with van der Waals surface area (Å²) in [5, 5.41) is 4.86. The van der Waals surface area contributed by atoms with E-state index in [-0.39, 0.29) is 24.3 Å². The number of ether oxygens (including phenoxy) is 2. The van der Waals surface area contributed by atoms with Gasteiger partial charge in [0.15, 0.2) is 0 Å². The lowest BCUT2D eigenvalue weighted by Crippen LogP contribution is -2.49. The van der Waals surface area contributed by atoms with Crippen molar-refractivity contribution < 1.29 is 19.1 Å². The van der Waals surface area contributed by atoms with Crippen molar-refractivity contribution in [3.8, 4) is 11.5 Å². The summed E-state index contributed by atoms with van der Waals surface area (Å²) >= 11 is 1.55. The van der Waals surface area contributed by atoms with E-state index in [1.165, 1.54) is 6.92 Å².